The van der Waals surface area contributed by atoms with E-state index >= 15 is 0 Å². The Balaban J connectivity index is 1.83. The Morgan fingerprint density at radius 1 is 1.08 bits per heavy atom. The molecule has 1 atom stereocenters. The molecule has 0 fully saturated rings. The summed E-state index contributed by atoms with van der Waals surface area (Å²) < 4.78 is 11.0. The first kappa shape index (κ1) is 18.0. The summed E-state index contributed by atoms with van der Waals surface area (Å²) in [6, 6.07) is 13.9. The molecule has 6 heteroatoms. The molecule has 24 heavy (non-hydrogen) atoms. The third kappa shape index (κ3) is 5.09. The van der Waals surface area contributed by atoms with Crippen molar-refractivity contribution in [3.8, 4) is 5.75 Å². The molecule has 0 bridgehead atoms. The highest BCUT2D eigenvalue weighted by molar-refractivity contribution is 9.10. The average molecular weight is 392 g/mol. The molecule has 1 N–H and O–H groups in total. The molecule has 0 heterocycles. The molecule has 0 aromatic heterocycles. The minimum atomic E-state index is -0.533. The molecule has 0 saturated carbocycles. The lowest BCUT2D eigenvalue weighted by molar-refractivity contribution is -0.124. The van der Waals surface area contributed by atoms with Gasteiger partial charge in [-0.2, -0.15) is 0 Å². The van der Waals surface area contributed by atoms with E-state index in [1.807, 2.05) is 31.2 Å². The summed E-state index contributed by atoms with van der Waals surface area (Å²) in [5.74, 6) is -0.140. The second-order valence-electron chi connectivity index (χ2n) is 5.15. The van der Waals surface area contributed by atoms with Gasteiger partial charge in [-0.3, -0.25) is 4.79 Å². The third-order valence-electron chi connectivity index (χ3n) is 3.41. The van der Waals surface area contributed by atoms with Gasteiger partial charge in [-0.25, -0.2) is 4.79 Å². The molecule has 2 aromatic rings. The number of hydrogen-bond acceptors (Lipinski definition) is 4. The standard InChI is InChI=1S/C18H18BrNO4/c1-12(13-5-9-16(23-2)10-6-13)20-17(21)11-24-18(22)14-3-7-15(19)8-4-14/h3-10,12H,11H2,1-2H3,(H,20,21)/t12-/m1/s1. The summed E-state index contributed by atoms with van der Waals surface area (Å²) in [5.41, 5.74) is 1.33. The van der Waals surface area contributed by atoms with Gasteiger partial charge in [0.1, 0.15) is 5.75 Å². The van der Waals surface area contributed by atoms with Crippen LogP contribution in [0.15, 0.2) is 53.0 Å². The molecule has 0 unspecified atom stereocenters. The zero-order valence-electron chi connectivity index (χ0n) is 13.4. The largest absolute Gasteiger partial charge is 0.497 e. The summed E-state index contributed by atoms with van der Waals surface area (Å²) >= 11 is 3.29. The lowest BCUT2D eigenvalue weighted by Crippen LogP contribution is -2.31. The van der Waals surface area contributed by atoms with E-state index in [-0.39, 0.29) is 18.6 Å². The van der Waals surface area contributed by atoms with E-state index in [9.17, 15) is 9.59 Å². The number of carbonyl (C=O) groups is 2. The Bertz CT molecular complexity index is 698. The molecule has 1 amide bonds. The number of halogens is 1. The quantitative estimate of drug-likeness (QED) is 0.765. The molecule has 5 nitrogen and oxygen atoms in total. The van der Waals surface area contributed by atoms with Gasteiger partial charge in [0, 0.05) is 4.47 Å². The molecular weight excluding hydrogens is 374 g/mol. The number of esters is 1. The highest BCUT2D eigenvalue weighted by Gasteiger charge is 2.13. The molecule has 0 aliphatic carbocycles. The number of carbonyl (C=O) groups excluding carboxylic acids is 2. The summed E-state index contributed by atoms with van der Waals surface area (Å²) in [7, 11) is 1.60. The fourth-order valence-electron chi connectivity index (χ4n) is 2.06. The minimum absolute atomic E-state index is 0.199. The van der Waals surface area contributed by atoms with Crippen molar-refractivity contribution in [2.75, 3.05) is 13.7 Å². The van der Waals surface area contributed by atoms with Crippen molar-refractivity contribution in [3.63, 3.8) is 0 Å². The summed E-state index contributed by atoms with van der Waals surface area (Å²) in [5, 5.41) is 2.79. The Morgan fingerprint density at radius 2 is 1.71 bits per heavy atom. The number of nitrogens with one attached hydrogen (secondary N) is 1. The second kappa shape index (κ2) is 8.49. The Hall–Kier alpha value is -2.34. The molecule has 0 radical (unpaired) electrons. The SMILES string of the molecule is COc1ccc([C@@H](C)NC(=O)COC(=O)c2ccc(Br)cc2)cc1. The van der Waals surface area contributed by atoms with Crippen molar-refractivity contribution in [1.29, 1.82) is 0 Å². The molecule has 0 spiro atoms. The van der Waals surface area contributed by atoms with Crippen LogP contribution in [0, 0.1) is 0 Å². The average Bonchev–Trinajstić information content (AvgIpc) is 2.60. The number of benzene rings is 2. The van der Waals surface area contributed by atoms with E-state index < -0.39 is 5.97 Å². The zero-order valence-corrected chi connectivity index (χ0v) is 15.0. The normalized spacial score (nSPS) is 11.5. The van der Waals surface area contributed by atoms with Crippen LogP contribution in [-0.2, 0) is 9.53 Å². The maximum absolute atomic E-state index is 11.9. The van der Waals surface area contributed by atoms with Crippen LogP contribution in [0.25, 0.3) is 0 Å². The monoisotopic (exact) mass is 391 g/mol. The molecule has 0 aliphatic rings. The van der Waals surface area contributed by atoms with Gasteiger partial charge in [-0.05, 0) is 48.9 Å². The van der Waals surface area contributed by atoms with Gasteiger partial charge in [0.25, 0.3) is 5.91 Å². The number of ether oxygens (including phenoxy) is 2. The smallest absolute Gasteiger partial charge is 0.338 e. The Labute approximate surface area is 149 Å². The molecule has 2 aromatic carbocycles. The van der Waals surface area contributed by atoms with Crippen molar-refractivity contribution in [1.82, 2.24) is 5.32 Å². The fraction of sp³-hybridized carbons (Fsp3) is 0.222. The molecule has 2 rings (SSSR count). The van der Waals surface area contributed by atoms with Gasteiger partial charge in [-0.15, -0.1) is 0 Å². The van der Waals surface area contributed by atoms with Crippen molar-refractivity contribution in [3.05, 3.63) is 64.1 Å². The first-order valence-electron chi connectivity index (χ1n) is 7.35. The second-order valence-corrected chi connectivity index (χ2v) is 6.06. The first-order chi connectivity index (χ1) is 11.5. The maximum Gasteiger partial charge on any atom is 0.338 e. The van der Waals surface area contributed by atoms with Crippen LogP contribution in [-0.4, -0.2) is 25.6 Å². The lowest BCUT2D eigenvalue weighted by atomic mass is 10.1. The third-order valence-corrected chi connectivity index (χ3v) is 3.94. The van der Waals surface area contributed by atoms with Crippen molar-refractivity contribution < 1.29 is 19.1 Å². The van der Waals surface area contributed by atoms with Crippen LogP contribution in [0.1, 0.15) is 28.9 Å². The minimum Gasteiger partial charge on any atom is -0.497 e. The van der Waals surface area contributed by atoms with Gasteiger partial charge < -0.3 is 14.8 Å². The molecule has 126 valence electrons. The van der Waals surface area contributed by atoms with Crippen LogP contribution in [0.2, 0.25) is 0 Å². The molecular formula is C18H18BrNO4. The van der Waals surface area contributed by atoms with Crippen LogP contribution < -0.4 is 10.1 Å². The van der Waals surface area contributed by atoms with Gasteiger partial charge in [-0.1, -0.05) is 28.1 Å². The van der Waals surface area contributed by atoms with Crippen molar-refractivity contribution >= 4 is 27.8 Å². The summed E-state index contributed by atoms with van der Waals surface area (Å²) in [4.78, 5) is 23.8. The van der Waals surface area contributed by atoms with Gasteiger partial charge in [0.2, 0.25) is 0 Å². The predicted octanol–water partition coefficient (Wildman–Crippen LogP) is 3.49. The van der Waals surface area contributed by atoms with Crippen LogP contribution in [0.3, 0.4) is 0 Å². The van der Waals surface area contributed by atoms with E-state index in [1.165, 1.54) is 0 Å². The van der Waals surface area contributed by atoms with E-state index in [2.05, 4.69) is 21.2 Å². The first-order valence-corrected chi connectivity index (χ1v) is 8.15. The topological polar surface area (TPSA) is 64.6 Å². The molecule has 0 saturated heterocycles. The van der Waals surface area contributed by atoms with Gasteiger partial charge in [0.05, 0.1) is 18.7 Å². The Kier molecular flexibility index (Phi) is 6.37. The number of amides is 1. The Morgan fingerprint density at radius 3 is 2.29 bits per heavy atom. The summed E-state index contributed by atoms with van der Waals surface area (Å²) in [6.45, 7) is 1.53. The van der Waals surface area contributed by atoms with Gasteiger partial charge >= 0.3 is 5.97 Å². The summed E-state index contributed by atoms with van der Waals surface area (Å²) in [6.07, 6.45) is 0. The van der Waals surface area contributed by atoms with E-state index in [0.29, 0.717) is 5.56 Å². The number of hydrogen-bond donors (Lipinski definition) is 1. The van der Waals surface area contributed by atoms with E-state index in [1.54, 1.807) is 31.4 Å². The highest BCUT2D eigenvalue weighted by Crippen LogP contribution is 2.17. The van der Waals surface area contributed by atoms with Crippen LogP contribution in [0.4, 0.5) is 0 Å². The predicted molar refractivity (Wildman–Crippen MR) is 94.0 cm³/mol. The van der Waals surface area contributed by atoms with Gasteiger partial charge in [0.15, 0.2) is 6.61 Å². The highest BCUT2D eigenvalue weighted by atomic mass is 79.9. The number of methoxy groups -OCH3 is 1. The fourth-order valence-corrected chi connectivity index (χ4v) is 2.32. The molecule has 0 aliphatic heterocycles. The van der Waals surface area contributed by atoms with Crippen LogP contribution in [0.5, 0.6) is 5.75 Å². The van der Waals surface area contributed by atoms with Crippen LogP contribution >= 0.6 is 15.9 Å². The van der Waals surface area contributed by atoms with E-state index in [4.69, 9.17) is 9.47 Å². The van der Waals surface area contributed by atoms with E-state index in [0.717, 1.165) is 15.8 Å². The van der Waals surface area contributed by atoms with Crippen molar-refractivity contribution in [2.24, 2.45) is 0 Å². The maximum atomic E-state index is 11.9. The van der Waals surface area contributed by atoms with Crippen molar-refractivity contribution in [2.45, 2.75) is 13.0 Å². The zero-order chi connectivity index (χ0) is 17.5. The lowest BCUT2D eigenvalue weighted by Gasteiger charge is -2.15. The number of rotatable bonds is 6.